The molecule has 2 aliphatic heterocycles. The summed E-state index contributed by atoms with van der Waals surface area (Å²) in [6, 6.07) is 5.73. The number of rotatable bonds is 5. The van der Waals surface area contributed by atoms with Crippen molar-refractivity contribution in [3.8, 4) is 5.75 Å². The Morgan fingerprint density at radius 2 is 1.85 bits per heavy atom. The first-order valence-corrected chi connectivity index (χ1v) is 11.7. The lowest BCUT2D eigenvalue weighted by atomic mass is 9.84. The molecule has 34 heavy (non-hydrogen) atoms. The predicted molar refractivity (Wildman–Crippen MR) is 132 cm³/mol. The number of amidine groups is 1. The first kappa shape index (κ1) is 24.2. The van der Waals surface area contributed by atoms with Crippen molar-refractivity contribution in [2.75, 3.05) is 44.9 Å². The summed E-state index contributed by atoms with van der Waals surface area (Å²) in [7, 11) is 1.66. The van der Waals surface area contributed by atoms with Gasteiger partial charge in [-0.05, 0) is 48.1 Å². The average molecular weight is 468 g/mol. The van der Waals surface area contributed by atoms with E-state index in [4.69, 9.17) is 14.9 Å². The summed E-state index contributed by atoms with van der Waals surface area (Å²) in [5, 5.41) is 8.55. The van der Waals surface area contributed by atoms with E-state index >= 15 is 0 Å². The number of nitrogens with zero attached hydrogens (tertiary/aromatic N) is 2. The van der Waals surface area contributed by atoms with Crippen molar-refractivity contribution < 1.29 is 18.7 Å². The van der Waals surface area contributed by atoms with Gasteiger partial charge in [-0.15, -0.1) is 0 Å². The van der Waals surface area contributed by atoms with Gasteiger partial charge in [0.05, 0.1) is 38.1 Å². The topological polar surface area (TPSA) is 65.9 Å². The van der Waals surface area contributed by atoms with Crippen LogP contribution in [0.5, 0.6) is 5.75 Å². The van der Waals surface area contributed by atoms with Crippen LogP contribution < -0.4 is 9.64 Å². The molecule has 0 spiro atoms. The number of halogens is 1. The largest absolute Gasteiger partial charge is 0.494 e. The first-order valence-electron chi connectivity index (χ1n) is 11.7. The summed E-state index contributed by atoms with van der Waals surface area (Å²) in [4.78, 5) is 17.4. The van der Waals surface area contributed by atoms with E-state index in [1.165, 1.54) is 0 Å². The van der Waals surface area contributed by atoms with Crippen molar-refractivity contribution in [3.05, 3.63) is 57.4 Å². The number of fused-ring (bicyclic) bond motifs is 1. The molecule has 2 aliphatic rings. The third-order valence-electron chi connectivity index (χ3n) is 6.86. The molecule has 6 nitrogen and oxygen atoms in total. The van der Waals surface area contributed by atoms with Gasteiger partial charge in [-0.3, -0.25) is 10.2 Å². The molecule has 2 aromatic carbocycles. The van der Waals surface area contributed by atoms with Crippen molar-refractivity contribution in [2.45, 2.75) is 46.6 Å². The molecule has 0 unspecified atom stereocenters. The Morgan fingerprint density at radius 1 is 1.18 bits per heavy atom. The van der Waals surface area contributed by atoms with Crippen LogP contribution in [-0.2, 0) is 16.7 Å². The second kappa shape index (κ2) is 9.02. The summed E-state index contributed by atoms with van der Waals surface area (Å²) < 4.78 is 26.2. The second-order valence-corrected chi connectivity index (χ2v) is 10.2. The lowest BCUT2D eigenvalue weighted by molar-refractivity contribution is 0.0962. The molecular weight excluding hydrogens is 433 g/mol. The van der Waals surface area contributed by atoms with Gasteiger partial charge in [0.15, 0.2) is 5.78 Å². The van der Waals surface area contributed by atoms with Crippen LogP contribution >= 0.6 is 0 Å². The molecule has 0 aliphatic carbocycles. The number of benzene rings is 2. The molecule has 0 aromatic heterocycles. The van der Waals surface area contributed by atoms with Gasteiger partial charge < -0.3 is 19.3 Å². The number of hydrogen-bond acceptors (Lipinski definition) is 5. The van der Waals surface area contributed by atoms with Crippen LogP contribution in [0.25, 0.3) is 0 Å². The third kappa shape index (κ3) is 4.29. The minimum Gasteiger partial charge on any atom is -0.494 e. The summed E-state index contributed by atoms with van der Waals surface area (Å²) >= 11 is 0. The summed E-state index contributed by atoms with van der Waals surface area (Å²) in [5.74, 6) is 0.389. The van der Waals surface area contributed by atoms with Crippen LogP contribution in [-0.4, -0.2) is 56.5 Å². The van der Waals surface area contributed by atoms with Crippen LogP contribution in [0.1, 0.15) is 58.9 Å². The number of ketones is 1. The summed E-state index contributed by atoms with van der Waals surface area (Å²) in [6.07, 6.45) is 0. The summed E-state index contributed by atoms with van der Waals surface area (Å²) in [5.41, 5.74) is 4.67. The normalized spacial score (nSPS) is 16.1. The Balaban J connectivity index is 1.68. The van der Waals surface area contributed by atoms with E-state index in [0.29, 0.717) is 36.4 Å². The first-order chi connectivity index (χ1) is 16.0. The fraction of sp³-hybridized carbons (Fsp3) is 0.481. The number of ether oxygens (including phenoxy) is 2. The van der Waals surface area contributed by atoms with Crippen LogP contribution in [0.4, 0.5) is 10.1 Å². The maximum atomic E-state index is 14.9. The maximum Gasteiger partial charge on any atom is 0.182 e. The van der Waals surface area contributed by atoms with Crippen LogP contribution in [0, 0.1) is 25.1 Å². The van der Waals surface area contributed by atoms with Crippen molar-refractivity contribution in [1.82, 2.24) is 4.90 Å². The van der Waals surface area contributed by atoms with Crippen LogP contribution in [0.3, 0.4) is 0 Å². The average Bonchev–Trinajstić information content (AvgIpc) is 3.11. The highest BCUT2D eigenvalue weighted by molar-refractivity contribution is 6.06. The van der Waals surface area contributed by atoms with Gasteiger partial charge in [0.2, 0.25) is 0 Å². The second-order valence-electron chi connectivity index (χ2n) is 10.2. The fourth-order valence-corrected chi connectivity index (χ4v) is 4.75. The van der Waals surface area contributed by atoms with Crippen molar-refractivity contribution in [2.24, 2.45) is 0 Å². The van der Waals surface area contributed by atoms with Crippen LogP contribution in [0.2, 0.25) is 0 Å². The Bertz CT molecular complexity index is 1150. The lowest BCUT2D eigenvalue weighted by Gasteiger charge is -2.33. The van der Waals surface area contributed by atoms with E-state index in [1.807, 2.05) is 25.1 Å². The number of anilines is 1. The van der Waals surface area contributed by atoms with Gasteiger partial charge in [-0.1, -0.05) is 26.8 Å². The molecule has 0 radical (unpaired) electrons. The number of carbonyl (C=O) groups is 1. The zero-order valence-electron chi connectivity index (χ0n) is 21.0. The number of Topliss-reactive ketones (excluding diaryl/α,β-unsaturated/α-hetero) is 1. The van der Waals surface area contributed by atoms with E-state index in [0.717, 1.165) is 41.2 Å². The van der Waals surface area contributed by atoms with Gasteiger partial charge in [0.25, 0.3) is 0 Å². The van der Waals surface area contributed by atoms with Crippen molar-refractivity contribution in [1.29, 1.82) is 5.41 Å². The number of hydrogen-bond donors (Lipinski definition) is 1. The molecule has 182 valence electrons. The van der Waals surface area contributed by atoms with Crippen LogP contribution in [0.15, 0.2) is 18.2 Å². The molecule has 0 amide bonds. The predicted octanol–water partition coefficient (Wildman–Crippen LogP) is 4.61. The summed E-state index contributed by atoms with van der Waals surface area (Å²) in [6.45, 7) is 13.0. The molecule has 2 aromatic rings. The minimum absolute atomic E-state index is 0.0174. The molecule has 1 fully saturated rings. The van der Waals surface area contributed by atoms with Gasteiger partial charge >= 0.3 is 0 Å². The highest BCUT2D eigenvalue weighted by Gasteiger charge is 2.32. The lowest BCUT2D eigenvalue weighted by Crippen LogP contribution is -2.37. The smallest absolute Gasteiger partial charge is 0.182 e. The SMILES string of the molecule is COc1c(N2CCOCC2)cc(C(=O)CN2Cc3cc(C)c(C)c(F)c3C2=N)cc1C(C)(C)C. The Hall–Kier alpha value is -2.93. The number of carbonyl (C=O) groups excluding carboxylic acids is 1. The highest BCUT2D eigenvalue weighted by atomic mass is 19.1. The van der Waals surface area contributed by atoms with Gasteiger partial charge in [-0.25, -0.2) is 4.39 Å². The zero-order valence-corrected chi connectivity index (χ0v) is 21.0. The number of aryl methyl sites for hydroxylation is 1. The molecule has 0 bridgehead atoms. The van der Waals surface area contributed by atoms with Gasteiger partial charge in [-0.2, -0.15) is 0 Å². The monoisotopic (exact) mass is 467 g/mol. The highest BCUT2D eigenvalue weighted by Crippen LogP contribution is 2.40. The molecule has 2 heterocycles. The quantitative estimate of drug-likeness (QED) is 0.651. The van der Waals surface area contributed by atoms with Crippen molar-refractivity contribution >= 4 is 17.3 Å². The molecule has 7 heteroatoms. The fourth-order valence-electron chi connectivity index (χ4n) is 4.75. The van der Waals surface area contributed by atoms with E-state index in [1.54, 1.807) is 18.9 Å². The van der Waals surface area contributed by atoms with E-state index in [2.05, 4.69) is 25.7 Å². The maximum absolute atomic E-state index is 14.9. The zero-order chi connectivity index (χ0) is 24.8. The van der Waals surface area contributed by atoms with E-state index in [-0.39, 0.29) is 29.4 Å². The number of methoxy groups -OCH3 is 1. The molecular formula is C27H34FN3O3. The standard InChI is InChI=1S/C27H34FN3O3/c1-16-11-19-14-31(26(29)23(19)24(28)17(16)2)15-22(32)18-12-20(27(3,4)5)25(33-6)21(13-18)30-7-9-34-10-8-30/h11-13,29H,7-10,14-15H2,1-6H3. The number of nitrogens with one attached hydrogen (secondary N) is 1. The van der Waals surface area contributed by atoms with Crippen molar-refractivity contribution in [3.63, 3.8) is 0 Å². The Labute approximate surface area is 201 Å². The minimum atomic E-state index is -0.357. The van der Waals surface area contributed by atoms with Gasteiger partial charge in [0, 0.05) is 30.8 Å². The molecule has 0 saturated carbocycles. The van der Waals surface area contributed by atoms with E-state index in [9.17, 15) is 9.18 Å². The molecule has 4 rings (SSSR count). The third-order valence-corrected chi connectivity index (χ3v) is 6.86. The molecule has 1 saturated heterocycles. The molecule has 0 atom stereocenters. The van der Waals surface area contributed by atoms with E-state index < -0.39 is 0 Å². The van der Waals surface area contributed by atoms with Gasteiger partial charge in [0.1, 0.15) is 17.4 Å². The molecule has 1 N–H and O–H groups in total. The number of morpholine rings is 1. The Morgan fingerprint density at radius 3 is 2.47 bits per heavy atom. The Kier molecular flexibility index (Phi) is 6.42.